The molecule has 1 amide bonds. The Kier molecular flexibility index (Phi) is 3.07. The van der Waals surface area contributed by atoms with Crippen LogP contribution >= 0.6 is 11.6 Å². The lowest BCUT2D eigenvalue weighted by Gasteiger charge is -2.14. The van der Waals surface area contributed by atoms with E-state index in [2.05, 4.69) is 0 Å². The summed E-state index contributed by atoms with van der Waals surface area (Å²) in [5.74, 6) is -0.483. The first kappa shape index (κ1) is 11.9. The molecule has 2 rings (SSSR count). The third kappa shape index (κ3) is 2.26. The summed E-state index contributed by atoms with van der Waals surface area (Å²) in [5.41, 5.74) is 1.18. The van der Waals surface area contributed by atoms with E-state index < -0.39 is 12.1 Å². The SMILES string of the molecule is CN(C)C(=O)CC1OC(=O)c2ccc(Cl)cc21. The van der Waals surface area contributed by atoms with Gasteiger partial charge in [0.1, 0.15) is 6.10 Å². The molecule has 1 atom stereocenters. The van der Waals surface area contributed by atoms with Crippen LogP contribution in [0.4, 0.5) is 0 Å². The zero-order chi connectivity index (χ0) is 12.6. The maximum atomic E-state index is 11.6. The fraction of sp³-hybridized carbons (Fsp3) is 0.333. The zero-order valence-corrected chi connectivity index (χ0v) is 10.3. The second-order valence-corrected chi connectivity index (χ2v) is 4.55. The van der Waals surface area contributed by atoms with Crippen molar-refractivity contribution in [1.29, 1.82) is 0 Å². The second-order valence-electron chi connectivity index (χ2n) is 4.12. The van der Waals surface area contributed by atoms with E-state index in [1.165, 1.54) is 4.90 Å². The predicted octanol–water partition coefficient (Wildman–Crippen LogP) is 2.03. The second kappa shape index (κ2) is 4.37. The number of esters is 1. The third-order valence-electron chi connectivity index (χ3n) is 2.69. The van der Waals surface area contributed by atoms with E-state index >= 15 is 0 Å². The topological polar surface area (TPSA) is 46.6 Å². The van der Waals surface area contributed by atoms with Crippen LogP contribution in [-0.4, -0.2) is 30.9 Å². The van der Waals surface area contributed by atoms with Crippen molar-refractivity contribution >= 4 is 23.5 Å². The summed E-state index contributed by atoms with van der Waals surface area (Å²) in [6.45, 7) is 0. The molecule has 0 bridgehead atoms. The summed E-state index contributed by atoms with van der Waals surface area (Å²) >= 11 is 5.87. The van der Waals surface area contributed by atoms with Crippen LogP contribution in [0.15, 0.2) is 18.2 Å². The van der Waals surface area contributed by atoms with E-state index in [-0.39, 0.29) is 12.3 Å². The van der Waals surface area contributed by atoms with Crippen LogP contribution < -0.4 is 0 Å². The summed E-state index contributed by atoms with van der Waals surface area (Å²) in [7, 11) is 3.33. The van der Waals surface area contributed by atoms with E-state index in [9.17, 15) is 9.59 Å². The van der Waals surface area contributed by atoms with Crippen LogP contribution in [0.2, 0.25) is 5.02 Å². The monoisotopic (exact) mass is 253 g/mol. The normalized spacial score (nSPS) is 17.6. The van der Waals surface area contributed by atoms with Crippen molar-refractivity contribution in [3.8, 4) is 0 Å². The number of fused-ring (bicyclic) bond motifs is 1. The van der Waals surface area contributed by atoms with E-state index in [0.29, 0.717) is 16.1 Å². The molecule has 4 nitrogen and oxygen atoms in total. The Bertz CT molecular complexity index is 485. The van der Waals surface area contributed by atoms with Crippen molar-refractivity contribution in [1.82, 2.24) is 4.90 Å². The number of benzene rings is 1. The number of halogens is 1. The van der Waals surface area contributed by atoms with Crippen LogP contribution in [0.5, 0.6) is 0 Å². The van der Waals surface area contributed by atoms with Gasteiger partial charge in [-0.1, -0.05) is 11.6 Å². The smallest absolute Gasteiger partial charge is 0.339 e. The van der Waals surface area contributed by atoms with Crippen LogP contribution in [-0.2, 0) is 9.53 Å². The maximum absolute atomic E-state index is 11.6. The van der Waals surface area contributed by atoms with Gasteiger partial charge in [-0.05, 0) is 18.2 Å². The van der Waals surface area contributed by atoms with Crippen molar-refractivity contribution in [2.24, 2.45) is 0 Å². The van der Waals surface area contributed by atoms with Crippen molar-refractivity contribution < 1.29 is 14.3 Å². The molecule has 1 aromatic rings. The molecule has 1 heterocycles. The first-order valence-electron chi connectivity index (χ1n) is 5.19. The molecule has 0 N–H and O–H groups in total. The molecule has 1 aliphatic heterocycles. The zero-order valence-electron chi connectivity index (χ0n) is 9.57. The Balaban J connectivity index is 2.27. The molecule has 17 heavy (non-hydrogen) atoms. The minimum atomic E-state index is -0.522. The van der Waals surface area contributed by atoms with Gasteiger partial charge in [0.25, 0.3) is 0 Å². The molecule has 1 aliphatic rings. The van der Waals surface area contributed by atoms with E-state index in [1.54, 1.807) is 32.3 Å². The number of ether oxygens (including phenoxy) is 1. The summed E-state index contributed by atoms with van der Waals surface area (Å²) in [4.78, 5) is 24.6. The molecule has 1 aromatic carbocycles. The number of carbonyl (C=O) groups is 2. The molecule has 5 heteroatoms. The van der Waals surface area contributed by atoms with Crippen molar-refractivity contribution in [2.45, 2.75) is 12.5 Å². The maximum Gasteiger partial charge on any atom is 0.339 e. The van der Waals surface area contributed by atoms with Crippen molar-refractivity contribution in [2.75, 3.05) is 14.1 Å². The molecular formula is C12H12ClNO3. The Morgan fingerprint density at radius 2 is 2.18 bits per heavy atom. The Hall–Kier alpha value is -1.55. The number of hydrogen-bond donors (Lipinski definition) is 0. The van der Waals surface area contributed by atoms with Crippen molar-refractivity contribution in [3.05, 3.63) is 34.3 Å². The van der Waals surface area contributed by atoms with Gasteiger partial charge in [-0.3, -0.25) is 4.79 Å². The van der Waals surface area contributed by atoms with Gasteiger partial charge >= 0.3 is 5.97 Å². The Morgan fingerprint density at radius 1 is 1.47 bits per heavy atom. The molecule has 1 unspecified atom stereocenters. The lowest BCUT2D eigenvalue weighted by molar-refractivity contribution is -0.130. The number of carbonyl (C=O) groups excluding carboxylic acids is 2. The third-order valence-corrected chi connectivity index (χ3v) is 2.92. The molecule has 0 aliphatic carbocycles. The molecule has 0 radical (unpaired) electrons. The van der Waals surface area contributed by atoms with E-state index in [1.807, 2.05) is 0 Å². The first-order chi connectivity index (χ1) is 7.99. The highest BCUT2D eigenvalue weighted by Gasteiger charge is 2.32. The molecule has 90 valence electrons. The van der Waals surface area contributed by atoms with E-state index in [4.69, 9.17) is 16.3 Å². The summed E-state index contributed by atoms with van der Waals surface area (Å²) in [6.07, 6.45) is -0.377. The Morgan fingerprint density at radius 3 is 2.82 bits per heavy atom. The molecule has 0 aromatic heterocycles. The minimum absolute atomic E-state index is 0.0874. The summed E-state index contributed by atoms with van der Waals surface area (Å²) < 4.78 is 5.16. The van der Waals surface area contributed by atoms with Gasteiger partial charge in [0.15, 0.2) is 0 Å². The first-order valence-corrected chi connectivity index (χ1v) is 5.57. The number of hydrogen-bond acceptors (Lipinski definition) is 3. The van der Waals surface area contributed by atoms with Gasteiger partial charge in [-0.15, -0.1) is 0 Å². The van der Waals surface area contributed by atoms with Crippen LogP contribution in [0.25, 0.3) is 0 Å². The standard InChI is InChI=1S/C12H12ClNO3/c1-14(2)11(15)6-10-9-5-7(13)3-4-8(9)12(16)17-10/h3-5,10H,6H2,1-2H3. The number of rotatable bonds is 2. The fourth-order valence-corrected chi connectivity index (χ4v) is 1.92. The molecule has 0 spiro atoms. The summed E-state index contributed by atoms with van der Waals surface area (Å²) in [6, 6.07) is 4.94. The Labute approximate surface area is 104 Å². The largest absolute Gasteiger partial charge is 0.453 e. The molecule has 0 saturated heterocycles. The van der Waals surface area contributed by atoms with Crippen LogP contribution in [0.1, 0.15) is 28.4 Å². The lowest BCUT2D eigenvalue weighted by Crippen LogP contribution is -2.23. The average molecular weight is 254 g/mol. The van der Waals surface area contributed by atoms with Crippen LogP contribution in [0.3, 0.4) is 0 Å². The lowest BCUT2D eigenvalue weighted by atomic mass is 10.0. The van der Waals surface area contributed by atoms with Gasteiger partial charge in [0, 0.05) is 24.7 Å². The highest BCUT2D eigenvalue weighted by Crippen LogP contribution is 2.34. The van der Waals surface area contributed by atoms with Gasteiger partial charge < -0.3 is 9.64 Å². The van der Waals surface area contributed by atoms with Gasteiger partial charge in [0.05, 0.1) is 12.0 Å². The summed E-state index contributed by atoms with van der Waals surface area (Å²) in [5, 5.41) is 0.532. The molecular weight excluding hydrogens is 242 g/mol. The van der Waals surface area contributed by atoms with Gasteiger partial charge in [-0.2, -0.15) is 0 Å². The number of nitrogens with zero attached hydrogens (tertiary/aromatic N) is 1. The van der Waals surface area contributed by atoms with Gasteiger partial charge in [0.2, 0.25) is 5.91 Å². The van der Waals surface area contributed by atoms with Gasteiger partial charge in [-0.25, -0.2) is 4.79 Å². The number of cyclic esters (lactones) is 1. The quantitative estimate of drug-likeness (QED) is 0.758. The highest BCUT2D eigenvalue weighted by molar-refractivity contribution is 6.30. The predicted molar refractivity (Wildman–Crippen MR) is 62.9 cm³/mol. The minimum Gasteiger partial charge on any atom is -0.453 e. The van der Waals surface area contributed by atoms with Crippen LogP contribution in [0, 0.1) is 0 Å². The fourth-order valence-electron chi connectivity index (χ4n) is 1.73. The highest BCUT2D eigenvalue weighted by atomic mass is 35.5. The average Bonchev–Trinajstić information content (AvgIpc) is 2.55. The van der Waals surface area contributed by atoms with E-state index in [0.717, 1.165) is 0 Å². The number of amides is 1. The van der Waals surface area contributed by atoms with Crippen molar-refractivity contribution in [3.63, 3.8) is 0 Å². The molecule has 0 fully saturated rings. The molecule has 0 saturated carbocycles.